The normalized spacial score (nSPS) is 16.6. The topological polar surface area (TPSA) is 82.9 Å². The Labute approximate surface area is 153 Å². The summed E-state index contributed by atoms with van der Waals surface area (Å²) in [6.45, 7) is 5.19. The SMILES string of the molecule is Cc1ccc2nc(CCN3CCC(c4nnc(CO)n4C)CC3)[nH]c2c1. The van der Waals surface area contributed by atoms with E-state index in [0.717, 1.165) is 61.6 Å². The summed E-state index contributed by atoms with van der Waals surface area (Å²) in [5.41, 5.74) is 3.43. The Bertz CT molecular complexity index is 891. The average molecular weight is 354 g/mol. The van der Waals surface area contributed by atoms with E-state index in [1.165, 1.54) is 5.56 Å². The number of aliphatic hydroxyl groups is 1. The van der Waals surface area contributed by atoms with Crippen LogP contribution in [0, 0.1) is 6.92 Å². The molecule has 1 aliphatic rings. The standard InChI is InChI=1S/C19H26N6O/c1-13-3-4-15-16(11-13)21-17(20-15)7-10-25-8-5-14(6-9-25)19-23-22-18(12-26)24(19)2/h3-4,11,14,26H,5-10,12H2,1-2H3,(H,20,21). The molecule has 0 bridgehead atoms. The molecule has 0 unspecified atom stereocenters. The maximum atomic E-state index is 9.28. The molecular formula is C19H26N6O. The van der Waals surface area contributed by atoms with Crippen molar-refractivity contribution < 1.29 is 5.11 Å². The summed E-state index contributed by atoms with van der Waals surface area (Å²) in [5, 5.41) is 17.6. The molecule has 1 fully saturated rings. The number of fused-ring (bicyclic) bond motifs is 1. The molecule has 0 radical (unpaired) electrons. The van der Waals surface area contributed by atoms with Crippen molar-refractivity contribution in [3.05, 3.63) is 41.2 Å². The van der Waals surface area contributed by atoms with Crippen LogP contribution in [-0.2, 0) is 20.1 Å². The number of rotatable bonds is 5. The number of aliphatic hydroxyl groups excluding tert-OH is 1. The molecule has 1 saturated heterocycles. The Morgan fingerprint density at radius 1 is 1.23 bits per heavy atom. The predicted molar refractivity (Wildman–Crippen MR) is 99.9 cm³/mol. The monoisotopic (exact) mass is 354 g/mol. The molecule has 2 aromatic heterocycles. The van der Waals surface area contributed by atoms with E-state index in [1.807, 2.05) is 11.6 Å². The minimum absolute atomic E-state index is 0.0562. The number of aromatic nitrogens is 5. The third kappa shape index (κ3) is 3.37. The first kappa shape index (κ1) is 17.2. The number of hydrogen-bond donors (Lipinski definition) is 2. The van der Waals surface area contributed by atoms with Gasteiger partial charge in [-0.15, -0.1) is 10.2 Å². The predicted octanol–water partition coefficient (Wildman–Crippen LogP) is 1.91. The fraction of sp³-hybridized carbons (Fsp3) is 0.526. The first-order valence-corrected chi connectivity index (χ1v) is 9.30. The zero-order chi connectivity index (χ0) is 18.1. The minimum atomic E-state index is -0.0562. The van der Waals surface area contributed by atoms with Crippen molar-refractivity contribution in [2.45, 2.75) is 38.7 Å². The molecule has 0 amide bonds. The van der Waals surface area contributed by atoms with E-state index in [9.17, 15) is 5.11 Å². The molecular weight excluding hydrogens is 328 g/mol. The van der Waals surface area contributed by atoms with Crippen LogP contribution in [-0.4, -0.2) is 54.4 Å². The first-order chi connectivity index (χ1) is 12.6. The summed E-state index contributed by atoms with van der Waals surface area (Å²) < 4.78 is 1.94. The van der Waals surface area contributed by atoms with Crippen LogP contribution < -0.4 is 0 Å². The molecule has 1 aromatic carbocycles. The Morgan fingerprint density at radius 3 is 2.77 bits per heavy atom. The van der Waals surface area contributed by atoms with Crippen LogP contribution >= 0.6 is 0 Å². The van der Waals surface area contributed by atoms with Crippen LogP contribution in [0.4, 0.5) is 0 Å². The number of benzene rings is 1. The van der Waals surface area contributed by atoms with Gasteiger partial charge in [0.25, 0.3) is 0 Å². The van der Waals surface area contributed by atoms with Crippen LogP contribution in [0.2, 0.25) is 0 Å². The largest absolute Gasteiger partial charge is 0.388 e. The molecule has 26 heavy (non-hydrogen) atoms. The minimum Gasteiger partial charge on any atom is -0.388 e. The van der Waals surface area contributed by atoms with E-state index in [4.69, 9.17) is 4.98 Å². The van der Waals surface area contributed by atoms with Crippen molar-refractivity contribution in [3.63, 3.8) is 0 Å². The number of nitrogens with one attached hydrogen (secondary N) is 1. The van der Waals surface area contributed by atoms with Crippen LogP contribution in [0.25, 0.3) is 11.0 Å². The lowest BCUT2D eigenvalue weighted by molar-refractivity contribution is 0.208. The van der Waals surface area contributed by atoms with Crippen LogP contribution in [0.3, 0.4) is 0 Å². The van der Waals surface area contributed by atoms with Gasteiger partial charge in [-0.3, -0.25) is 0 Å². The van der Waals surface area contributed by atoms with E-state index < -0.39 is 0 Å². The Kier molecular flexibility index (Phi) is 4.74. The molecule has 7 nitrogen and oxygen atoms in total. The number of H-pyrrole nitrogens is 1. The van der Waals surface area contributed by atoms with Gasteiger partial charge in [0.2, 0.25) is 0 Å². The molecule has 4 rings (SSSR count). The number of aromatic amines is 1. The van der Waals surface area contributed by atoms with Gasteiger partial charge in [-0.05, 0) is 50.6 Å². The van der Waals surface area contributed by atoms with E-state index in [-0.39, 0.29) is 6.61 Å². The molecule has 138 valence electrons. The average Bonchev–Trinajstić information content (AvgIpc) is 3.22. The van der Waals surface area contributed by atoms with Crippen molar-refractivity contribution in [1.82, 2.24) is 29.6 Å². The molecule has 0 atom stereocenters. The highest BCUT2D eigenvalue weighted by Crippen LogP contribution is 2.27. The molecule has 0 aliphatic carbocycles. The van der Waals surface area contributed by atoms with Crippen molar-refractivity contribution in [2.24, 2.45) is 7.05 Å². The Hall–Kier alpha value is -2.25. The van der Waals surface area contributed by atoms with Gasteiger partial charge in [0.1, 0.15) is 18.3 Å². The van der Waals surface area contributed by atoms with E-state index in [2.05, 4.69) is 45.2 Å². The number of piperidine rings is 1. The third-order valence-corrected chi connectivity index (χ3v) is 5.44. The summed E-state index contributed by atoms with van der Waals surface area (Å²) in [4.78, 5) is 10.6. The van der Waals surface area contributed by atoms with E-state index in [1.54, 1.807) is 0 Å². The van der Waals surface area contributed by atoms with Crippen molar-refractivity contribution >= 4 is 11.0 Å². The van der Waals surface area contributed by atoms with Gasteiger partial charge in [-0.25, -0.2) is 4.98 Å². The smallest absolute Gasteiger partial charge is 0.158 e. The lowest BCUT2D eigenvalue weighted by atomic mass is 9.96. The van der Waals surface area contributed by atoms with Gasteiger partial charge in [-0.2, -0.15) is 0 Å². The van der Waals surface area contributed by atoms with Gasteiger partial charge >= 0.3 is 0 Å². The van der Waals surface area contributed by atoms with Crippen molar-refractivity contribution in [2.75, 3.05) is 19.6 Å². The maximum absolute atomic E-state index is 9.28. The van der Waals surface area contributed by atoms with Gasteiger partial charge in [0.15, 0.2) is 5.82 Å². The number of hydrogen-bond acceptors (Lipinski definition) is 5. The lowest BCUT2D eigenvalue weighted by Gasteiger charge is -2.31. The molecule has 3 heterocycles. The molecule has 0 spiro atoms. The quantitative estimate of drug-likeness (QED) is 0.731. The Balaban J connectivity index is 1.32. The van der Waals surface area contributed by atoms with Crippen molar-refractivity contribution in [3.8, 4) is 0 Å². The highest BCUT2D eigenvalue weighted by Gasteiger charge is 2.25. The van der Waals surface area contributed by atoms with Crippen LogP contribution in [0.15, 0.2) is 18.2 Å². The summed E-state index contributed by atoms with van der Waals surface area (Å²) in [7, 11) is 1.94. The molecule has 3 aromatic rings. The van der Waals surface area contributed by atoms with Gasteiger partial charge in [0, 0.05) is 25.9 Å². The van der Waals surface area contributed by atoms with E-state index in [0.29, 0.717) is 11.7 Å². The number of imidazole rings is 1. The number of nitrogens with zero attached hydrogens (tertiary/aromatic N) is 5. The second-order valence-electron chi connectivity index (χ2n) is 7.26. The molecule has 0 saturated carbocycles. The summed E-state index contributed by atoms with van der Waals surface area (Å²) >= 11 is 0. The van der Waals surface area contributed by atoms with Crippen molar-refractivity contribution in [1.29, 1.82) is 0 Å². The van der Waals surface area contributed by atoms with Gasteiger partial charge in [-0.1, -0.05) is 6.07 Å². The summed E-state index contributed by atoms with van der Waals surface area (Å²) in [6, 6.07) is 6.34. The summed E-state index contributed by atoms with van der Waals surface area (Å²) in [6.07, 6.45) is 3.10. The fourth-order valence-corrected chi connectivity index (χ4v) is 3.84. The number of likely N-dealkylation sites (tertiary alicyclic amines) is 1. The fourth-order valence-electron chi connectivity index (χ4n) is 3.84. The van der Waals surface area contributed by atoms with Gasteiger partial charge < -0.3 is 19.6 Å². The van der Waals surface area contributed by atoms with Crippen LogP contribution in [0.5, 0.6) is 0 Å². The lowest BCUT2D eigenvalue weighted by Crippen LogP contribution is -2.35. The highest BCUT2D eigenvalue weighted by atomic mass is 16.3. The zero-order valence-corrected chi connectivity index (χ0v) is 15.4. The number of aryl methyl sites for hydroxylation is 1. The zero-order valence-electron chi connectivity index (χ0n) is 15.4. The second-order valence-corrected chi connectivity index (χ2v) is 7.26. The summed E-state index contributed by atoms with van der Waals surface area (Å²) in [5.74, 6) is 3.13. The van der Waals surface area contributed by atoms with Crippen LogP contribution in [0.1, 0.15) is 41.8 Å². The molecule has 7 heteroatoms. The second kappa shape index (κ2) is 7.17. The third-order valence-electron chi connectivity index (χ3n) is 5.44. The van der Waals surface area contributed by atoms with Gasteiger partial charge in [0.05, 0.1) is 11.0 Å². The Morgan fingerprint density at radius 2 is 2.04 bits per heavy atom. The molecule has 2 N–H and O–H groups in total. The highest BCUT2D eigenvalue weighted by molar-refractivity contribution is 5.75. The molecule has 1 aliphatic heterocycles. The van der Waals surface area contributed by atoms with E-state index >= 15 is 0 Å². The maximum Gasteiger partial charge on any atom is 0.158 e. The first-order valence-electron chi connectivity index (χ1n) is 9.30.